The van der Waals surface area contributed by atoms with E-state index >= 15 is 4.39 Å². The molecule has 0 spiro atoms. The van der Waals surface area contributed by atoms with Crippen LogP contribution in [0.3, 0.4) is 0 Å². The molecule has 1 aliphatic carbocycles. The Morgan fingerprint density at radius 1 is 1.05 bits per heavy atom. The summed E-state index contributed by atoms with van der Waals surface area (Å²) >= 11 is 0. The van der Waals surface area contributed by atoms with E-state index in [1.54, 1.807) is 0 Å². The molecule has 3 atom stereocenters. The van der Waals surface area contributed by atoms with Crippen molar-refractivity contribution in [1.82, 2.24) is 15.3 Å². The summed E-state index contributed by atoms with van der Waals surface area (Å²) in [4.78, 5) is 24.9. The molecule has 2 aromatic carbocycles. The lowest BCUT2D eigenvalue weighted by Crippen LogP contribution is -2.31. The van der Waals surface area contributed by atoms with Crippen molar-refractivity contribution >= 4 is 17.4 Å². The van der Waals surface area contributed by atoms with E-state index in [1.807, 2.05) is 0 Å². The van der Waals surface area contributed by atoms with Crippen molar-refractivity contribution in [2.24, 2.45) is 10.9 Å². The van der Waals surface area contributed by atoms with Gasteiger partial charge in [0.15, 0.2) is 11.6 Å². The standard InChI is InChI=1S/C29H26F5N5O2/c1-2-22(40)39-16-4-3-14(10-16)9-15-7-8-36-27(23-26(15)37-13-38-29(23)35)18-6-5-17(11-19(18)30)41-28-24(33)20(31)12-21(32)25(28)34/h2,5-6,11-16H,1,3-4,7-10H2,(H,39,40)(H2,35,37,38). The van der Waals surface area contributed by atoms with Gasteiger partial charge in [0.25, 0.3) is 0 Å². The fraction of sp³-hybridized carbons (Fsp3) is 0.310. The molecule has 1 fully saturated rings. The van der Waals surface area contributed by atoms with E-state index in [4.69, 9.17) is 10.5 Å². The van der Waals surface area contributed by atoms with Crippen LogP contribution in [-0.2, 0) is 4.79 Å². The SMILES string of the molecule is C=CC(=O)NC1CCC(CC2CCN=C(c3ccc(Oc4c(F)c(F)cc(F)c4F)cc3F)c3c(N)ncnc32)C1. The van der Waals surface area contributed by atoms with Crippen molar-refractivity contribution in [2.45, 2.75) is 44.1 Å². The van der Waals surface area contributed by atoms with Gasteiger partial charge in [-0.25, -0.2) is 23.1 Å². The van der Waals surface area contributed by atoms with Crippen LogP contribution in [0.1, 0.15) is 54.8 Å². The molecular weight excluding hydrogens is 545 g/mol. The summed E-state index contributed by atoms with van der Waals surface area (Å²) < 4.78 is 75.7. The van der Waals surface area contributed by atoms with Gasteiger partial charge in [-0.2, -0.15) is 8.78 Å². The van der Waals surface area contributed by atoms with E-state index in [0.717, 1.165) is 31.7 Å². The maximum atomic E-state index is 15.4. The lowest BCUT2D eigenvalue weighted by molar-refractivity contribution is -0.117. The van der Waals surface area contributed by atoms with E-state index in [0.29, 0.717) is 30.1 Å². The molecule has 2 aliphatic rings. The number of carbonyl (C=O) groups excluding carboxylic acids is 1. The van der Waals surface area contributed by atoms with Crippen LogP contribution < -0.4 is 15.8 Å². The summed E-state index contributed by atoms with van der Waals surface area (Å²) in [5.74, 6) is -9.21. The molecule has 41 heavy (non-hydrogen) atoms. The molecule has 0 bridgehead atoms. The van der Waals surface area contributed by atoms with Crippen molar-refractivity contribution in [1.29, 1.82) is 0 Å². The van der Waals surface area contributed by atoms with Crippen LogP contribution in [0, 0.1) is 35.0 Å². The number of nitrogen functional groups attached to an aromatic ring is 1. The average molecular weight is 572 g/mol. The number of nitrogens with two attached hydrogens (primary N) is 1. The number of benzene rings is 2. The van der Waals surface area contributed by atoms with E-state index in [-0.39, 0.29) is 41.0 Å². The van der Waals surface area contributed by atoms with Crippen LogP contribution in [-0.4, -0.2) is 34.2 Å². The maximum Gasteiger partial charge on any atom is 0.243 e. The lowest BCUT2D eigenvalue weighted by Gasteiger charge is -2.21. The van der Waals surface area contributed by atoms with E-state index in [2.05, 4.69) is 26.9 Å². The summed E-state index contributed by atoms with van der Waals surface area (Å²) in [5.41, 5.74) is 7.50. The van der Waals surface area contributed by atoms with Crippen molar-refractivity contribution in [3.63, 3.8) is 0 Å². The number of nitrogens with zero attached hydrogens (tertiary/aromatic N) is 3. The van der Waals surface area contributed by atoms with Gasteiger partial charge < -0.3 is 15.8 Å². The Morgan fingerprint density at radius 3 is 2.51 bits per heavy atom. The Morgan fingerprint density at radius 2 is 1.80 bits per heavy atom. The van der Waals surface area contributed by atoms with Gasteiger partial charge in [-0.05, 0) is 56.2 Å². The third-order valence-corrected chi connectivity index (χ3v) is 7.45. The van der Waals surface area contributed by atoms with Gasteiger partial charge in [-0.1, -0.05) is 6.58 Å². The Hall–Kier alpha value is -4.35. The molecule has 1 aromatic heterocycles. The summed E-state index contributed by atoms with van der Waals surface area (Å²) in [6, 6.07) is 3.42. The van der Waals surface area contributed by atoms with Gasteiger partial charge in [0.1, 0.15) is 23.7 Å². The molecule has 1 aliphatic heterocycles. The molecule has 2 heterocycles. The molecule has 3 aromatic rings. The first-order valence-corrected chi connectivity index (χ1v) is 13.0. The van der Waals surface area contributed by atoms with Crippen molar-refractivity contribution < 1.29 is 31.5 Å². The first-order chi connectivity index (χ1) is 19.7. The third-order valence-electron chi connectivity index (χ3n) is 7.45. The van der Waals surface area contributed by atoms with E-state index < -0.39 is 40.6 Å². The number of hydrogen-bond donors (Lipinski definition) is 2. The van der Waals surface area contributed by atoms with Crippen LogP contribution in [0.25, 0.3) is 0 Å². The number of hydrogen-bond acceptors (Lipinski definition) is 6. The zero-order chi connectivity index (χ0) is 29.3. The molecule has 3 unspecified atom stereocenters. The van der Waals surface area contributed by atoms with E-state index in [1.165, 1.54) is 24.5 Å². The minimum atomic E-state index is -1.75. The predicted molar refractivity (Wildman–Crippen MR) is 141 cm³/mol. The number of nitrogens with one attached hydrogen (secondary N) is 1. The Kier molecular flexibility index (Phi) is 8.00. The van der Waals surface area contributed by atoms with Crippen LogP contribution in [0.4, 0.5) is 27.8 Å². The van der Waals surface area contributed by atoms with Crippen molar-refractivity contribution in [3.8, 4) is 11.5 Å². The highest BCUT2D eigenvalue weighted by molar-refractivity contribution is 6.16. The second-order valence-electron chi connectivity index (χ2n) is 10.1. The predicted octanol–water partition coefficient (Wildman–Crippen LogP) is 5.73. The second kappa shape index (κ2) is 11.6. The van der Waals surface area contributed by atoms with Gasteiger partial charge >= 0.3 is 0 Å². The fourth-order valence-electron chi connectivity index (χ4n) is 5.56. The fourth-order valence-corrected chi connectivity index (χ4v) is 5.56. The van der Waals surface area contributed by atoms with Gasteiger partial charge in [0, 0.05) is 36.2 Å². The molecule has 1 saturated carbocycles. The maximum absolute atomic E-state index is 15.4. The zero-order valence-corrected chi connectivity index (χ0v) is 21.8. The largest absolute Gasteiger partial charge is 0.451 e. The molecular formula is C29H26F5N5O2. The average Bonchev–Trinajstić information content (AvgIpc) is 3.30. The number of rotatable bonds is 7. The lowest BCUT2D eigenvalue weighted by atomic mass is 9.86. The number of carbonyl (C=O) groups is 1. The molecule has 3 N–H and O–H groups in total. The summed E-state index contributed by atoms with van der Waals surface area (Å²) in [6.45, 7) is 3.84. The Labute approximate surface area is 232 Å². The molecule has 0 radical (unpaired) electrons. The minimum absolute atomic E-state index is 0.0141. The molecule has 12 heteroatoms. The molecule has 0 saturated heterocycles. The normalized spacial score (nSPS) is 20.1. The Bertz CT molecular complexity index is 1520. The molecule has 7 nitrogen and oxygen atoms in total. The van der Waals surface area contributed by atoms with Crippen LogP contribution in [0.15, 0.2) is 48.2 Å². The van der Waals surface area contributed by atoms with Crippen molar-refractivity contribution in [3.05, 3.63) is 89.2 Å². The third kappa shape index (κ3) is 5.77. The number of aromatic nitrogens is 2. The quantitative estimate of drug-likeness (QED) is 0.214. The topological polar surface area (TPSA) is 102 Å². The van der Waals surface area contributed by atoms with Gasteiger partial charge in [0.05, 0.1) is 17.0 Å². The van der Waals surface area contributed by atoms with Crippen molar-refractivity contribution in [2.75, 3.05) is 12.3 Å². The zero-order valence-electron chi connectivity index (χ0n) is 21.8. The number of amides is 1. The van der Waals surface area contributed by atoms with Gasteiger partial charge in [-0.15, -0.1) is 0 Å². The number of fused-ring (bicyclic) bond motifs is 1. The second-order valence-corrected chi connectivity index (χ2v) is 10.1. The minimum Gasteiger partial charge on any atom is -0.451 e. The molecule has 214 valence electrons. The molecule has 5 rings (SSSR count). The number of aliphatic imine (C=N–C) groups is 1. The van der Waals surface area contributed by atoms with Crippen LogP contribution in [0.5, 0.6) is 11.5 Å². The number of halogens is 5. The van der Waals surface area contributed by atoms with Gasteiger partial charge in [0.2, 0.25) is 23.3 Å². The highest BCUT2D eigenvalue weighted by atomic mass is 19.2. The highest BCUT2D eigenvalue weighted by Gasteiger charge is 2.33. The van der Waals surface area contributed by atoms with Crippen LogP contribution in [0.2, 0.25) is 0 Å². The summed E-state index contributed by atoms with van der Waals surface area (Å²) in [5, 5.41) is 2.95. The van der Waals surface area contributed by atoms with E-state index in [9.17, 15) is 22.4 Å². The number of ether oxygens (including phenoxy) is 1. The highest BCUT2D eigenvalue weighted by Crippen LogP contribution is 2.39. The molecule has 1 amide bonds. The monoisotopic (exact) mass is 571 g/mol. The first kappa shape index (κ1) is 28.2. The van der Waals surface area contributed by atoms with Gasteiger partial charge in [-0.3, -0.25) is 9.79 Å². The number of anilines is 1. The first-order valence-electron chi connectivity index (χ1n) is 13.0. The Balaban J connectivity index is 1.41. The smallest absolute Gasteiger partial charge is 0.243 e. The summed E-state index contributed by atoms with van der Waals surface area (Å²) in [6.07, 6.45) is 6.58. The summed E-state index contributed by atoms with van der Waals surface area (Å²) in [7, 11) is 0. The van der Waals surface area contributed by atoms with Crippen LogP contribution >= 0.6 is 0 Å².